The Hall–Kier alpha value is -1.61. The molecule has 1 amide bonds. The predicted molar refractivity (Wildman–Crippen MR) is 66.5 cm³/mol. The summed E-state index contributed by atoms with van der Waals surface area (Å²) in [6.45, 7) is 2.36. The second kappa shape index (κ2) is 6.53. The molecule has 19 heavy (non-hydrogen) atoms. The highest BCUT2D eigenvalue weighted by Gasteiger charge is 2.35. The highest BCUT2D eigenvalue weighted by Crippen LogP contribution is 2.31. The molecule has 0 fully saturated rings. The number of amides is 1. The fraction of sp³-hybridized carbons (Fsp3) is 0.300. The Kier molecular flexibility index (Phi) is 5.31. The molecular weight excluding hydrogens is 281 g/mol. The topological polar surface area (TPSA) is 80.4 Å². The number of aromatic nitrogens is 1. The number of nitrogens with one attached hydrogen (secondary N) is 1. The van der Waals surface area contributed by atoms with Crippen LogP contribution in [0.5, 0.6) is 0 Å². The molecule has 1 aromatic rings. The Labute approximate surface area is 111 Å². The summed E-state index contributed by atoms with van der Waals surface area (Å²) in [5, 5.41) is -0.163. The van der Waals surface area contributed by atoms with Gasteiger partial charge in [0.15, 0.2) is 5.17 Å². The van der Waals surface area contributed by atoms with Crippen LogP contribution in [0, 0.1) is 0 Å². The van der Waals surface area contributed by atoms with Gasteiger partial charge < -0.3 is 5.73 Å². The molecule has 3 N–H and O–H groups in total. The molecule has 0 atom stereocenters. The van der Waals surface area contributed by atoms with Gasteiger partial charge in [0.05, 0.1) is 11.1 Å². The van der Waals surface area contributed by atoms with Gasteiger partial charge in [0, 0.05) is 18.9 Å². The molecule has 1 heterocycles. The number of carbonyl (C=O) groups excluding carboxylic acids is 1. The molecule has 0 aliphatic rings. The highest BCUT2D eigenvalue weighted by atomic mass is 32.2. The fourth-order valence-corrected chi connectivity index (χ4v) is 1.56. The Balaban J connectivity index is 3.01. The number of alkyl halides is 3. The van der Waals surface area contributed by atoms with E-state index in [4.69, 9.17) is 5.73 Å². The molecule has 0 spiro atoms. The first-order valence-electron chi connectivity index (χ1n) is 5.15. The lowest BCUT2D eigenvalue weighted by Gasteiger charge is -2.09. The number of hydrogen-bond acceptors (Lipinski definition) is 4. The van der Waals surface area contributed by atoms with Crippen LogP contribution in [0.4, 0.5) is 13.2 Å². The van der Waals surface area contributed by atoms with Gasteiger partial charge in [-0.3, -0.25) is 14.5 Å². The van der Waals surface area contributed by atoms with Crippen molar-refractivity contribution in [2.24, 2.45) is 10.7 Å². The summed E-state index contributed by atoms with van der Waals surface area (Å²) in [4.78, 5) is 18.5. The quantitative estimate of drug-likeness (QED) is 0.504. The maximum Gasteiger partial charge on any atom is 0.417 e. The van der Waals surface area contributed by atoms with Crippen LogP contribution in [-0.2, 0) is 6.18 Å². The van der Waals surface area contributed by atoms with Crippen molar-refractivity contribution >= 4 is 23.0 Å². The van der Waals surface area contributed by atoms with Crippen LogP contribution < -0.4 is 10.5 Å². The van der Waals surface area contributed by atoms with Gasteiger partial charge in [-0.05, 0) is 18.0 Å². The minimum atomic E-state index is -4.65. The number of carbonyl (C=O) groups is 1. The smallest absolute Gasteiger partial charge is 0.377 e. The third-order valence-electron chi connectivity index (χ3n) is 1.89. The zero-order valence-corrected chi connectivity index (χ0v) is 10.7. The molecule has 0 saturated heterocycles. The molecule has 1 aromatic heterocycles. The van der Waals surface area contributed by atoms with Crippen molar-refractivity contribution in [2.45, 2.75) is 13.1 Å². The Morgan fingerprint density at radius 2 is 2.26 bits per heavy atom. The number of aliphatic imine (C=N–C) groups is 1. The van der Waals surface area contributed by atoms with Gasteiger partial charge in [-0.2, -0.15) is 18.2 Å². The summed E-state index contributed by atoms with van der Waals surface area (Å²) in [7, 11) is 0. The first-order valence-corrected chi connectivity index (χ1v) is 5.97. The number of nitrogens with zero attached hydrogens (tertiary/aromatic N) is 2. The lowest BCUT2D eigenvalue weighted by Crippen LogP contribution is -2.18. The van der Waals surface area contributed by atoms with Crippen LogP contribution in [0.3, 0.4) is 0 Å². The Bertz CT molecular complexity index is 490. The summed E-state index contributed by atoms with van der Waals surface area (Å²) in [6, 6.07) is 0.719. The van der Waals surface area contributed by atoms with Crippen molar-refractivity contribution in [1.29, 1.82) is 0 Å². The minimum Gasteiger partial charge on any atom is -0.377 e. The Morgan fingerprint density at radius 1 is 1.58 bits per heavy atom. The van der Waals surface area contributed by atoms with Crippen molar-refractivity contribution in [2.75, 3.05) is 6.54 Å². The van der Waals surface area contributed by atoms with E-state index >= 15 is 0 Å². The molecule has 104 valence electrons. The van der Waals surface area contributed by atoms with Gasteiger partial charge in [0.1, 0.15) is 0 Å². The summed E-state index contributed by atoms with van der Waals surface area (Å²) in [5.74, 6) is -1.08. The van der Waals surface area contributed by atoms with Gasteiger partial charge in [-0.15, -0.1) is 0 Å². The second-order valence-corrected chi connectivity index (χ2v) is 4.19. The average Bonchev–Trinajstić information content (AvgIpc) is 2.35. The molecule has 0 radical (unpaired) electrons. The molecule has 1 rings (SSSR count). The van der Waals surface area contributed by atoms with Crippen molar-refractivity contribution in [3.8, 4) is 0 Å². The van der Waals surface area contributed by atoms with E-state index in [1.807, 2.05) is 0 Å². The number of hydrogen-bond donors (Lipinski definition) is 2. The molecular formula is C10H11F3N4OS. The molecule has 0 unspecified atom stereocenters. The number of amidine groups is 1. The third kappa shape index (κ3) is 4.52. The average molecular weight is 292 g/mol. The number of rotatable bonds is 3. The van der Waals surface area contributed by atoms with Crippen LogP contribution >= 0.6 is 11.9 Å². The minimum absolute atomic E-state index is 0.163. The van der Waals surface area contributed by atoms with Gasteiger partial charge in [-0.25, -0.2) is 0 Å². The van der Waals surface area contributed by atoms with Crippen molar-refractivity contribution in [1.82, 2.24) is 9.71 Å². The van der Waals surface area contributed by atoms with Gasteiger partial charge in [-0.1, -0.05) is 6.92 Å². The van der Waals surface area contributed by atoms with Crippen molar-refractivity contribution in [3.63, 3.8) is 0 Å². The summed E-state index contributed by atoms with van der Waals surface area (Å²) < 4.78 is 40.7. The lowest BCUT2D eigenvalue weighted by molar-refractivity contribution is -0.138. The standard InChI is InChI=1S/C10H11F3N4OS/c1-2-16-19-9(14)17-8(18)6-5-15-4-3-7(6)10(11,12)13/h3-5,16H,2H2,1H3,(H2,14,17,18). The van der Waals surface area contributed by atoms with Crippen LogP contribution in [0.2, 0.25) is 0 Å². The SMILES string of the molecule is CCNSC(N)=NC(=O)c1cnccc1C(F)(F)F. The van der Waals surface area contributed by atoms with Gasteiger partial charge in [0.25, 0.3) is 5.91 Å². The third-order valence-corrected chi connectivity index (χ3v) is 2.62. The maximum absolute atomic E-state index is 12.7. The Morgan fingerprint density at radius 3 is 2.84 bits per heavy atom. The van der Waals surface area contributed by atoms with Crippen LogP contribution in [-0.4, -0.2) is 22.6 Å². The number of halogens is 3. The second-order valence-electron chi connectivity index (χ2n) is 3.27. The van der Waals surface area contributed by atoms with Gasteiger partial charge in [0.2, 0.25) is 0 Å². The van der Waals surface area contributed by atoms with Gasteiger partial charge >= 0.3 is 6.18 Å². The van der Waals surface area contributed by atoms with E-state index in [1.165, 1.54) is 0 Å². The van der Waals surface area contributed by atoms with Crippen LogP contribution in [0.1, 0.15) is 22.8 Å². The molecule has 0 saturated carbocycles. The van der Waals surface area contributed by atoms with E-state index in [-0.39, 0.29) is 5.17 Å². The maximum atomic E-state index is 12.7. The van der Waals surface area contributed by atoms with E-state index in [1.54, 1.807) is 6.92 Å². The van der Waals surface area contributed by atoms with E-state index in [9.17, 15) is 18.0 Å². The summed E-state index contributed by atoms with van der Waals surface area (Å²) >= 11 is 0.868. The lowest BCUT2D eigenvalue weighted by atomic mass is 10.1. The summed E-state index contributed by atoms with van der Waals surface area (Å²) in [5.41, 5.74) is 3.67. The monoisotopic (exact) mass is 292 g/mol. The van der Waals surface area contributed by atoms with E-state index < -0.39 is 23.2 Å². The highest BCUT2D eigenvalue weighted by molar-refractivity contribution is 8.12. The molecule has 0 aliphatic heterocycles. The molecule has 5 nitrogen and oxygen atoms in total. The molecule has 9 heteroatoms. The van der Waals surface area contributed by atoms with Crippen LogP contribution in [0.15, 0.2) is 23.5 Å². The summed E-state index contributed by atoms with van der Waals surface area (Å²) in [6.07, 6.45) is -2.87. The van der Waals surface area contributed by atoms with E-state index in [2.05, 4.69) is 14.7 Å². The zero-order valence-electron chi connectivity index (χ0n) is 9.86. The van der Waals surface area contributed by atoms with E-state index in [0.29, 0.717) is 6.54 Å². The van der Waals surface area contributed by atoms with Crippen LogP contribution in [0.25, 0.3) is 0 Å². The molecule has 0 aromatic carbocycles. The normalized spacial score (nSPS) is 12.5. The van der Waals surface area contributed by atoms with Crippen molar-refractivity contribution in [3.05, 3.63) is 29.6 Å². The first kappa shape index (κ1) is 15.4. The first-order chi connectivity index (χ1) is 8.86. The largest absolute Gasteiger partial charge is 0.417 e. The predicted octanol–water partition coefficient (Wildman–Crippen LogP) is 1.81. The molecule has 0 aliphatic carbocycles. The molecule has 0 bridgehead atoms. The number of pyridine rings is 1. The fourth-order valence-electron chi connectivity index (χ4n) is 1.14. The number of nitrogens with two attached hydrogens (primary N) is 1. The zero-order chi connectivity index (χ0) is 14.5. The van der Waals surface area contributed by atoms with E-state index in [0.717, 1.165) is 30.4 Å². The van der Waals surface area contributed by atoms with Crippen molar-refractivity contribution < 1.29 is 18.0 Å².